The van der Waals surface area contributed by atoms with Crippen LogP contribution in [0.4, 0.5) is 0 Å². The van der Waals surface area contributed by atoms with Gasteiger partial charge in [0.25, 0.3) is 0 Å². The molecule has 0 saturated carbocycles. The van der Waals surface area contributed by atoms with Gasteiger partial charge in [-0.15, -0.1) is 6.58 Å². The smallest absolute Gasteiger partial charge is 0.164 e. The number of nitrogens with one attached hydrogen (secondary N) is 1. The molecule has 5 heteroatoms. The van der Waals surface area contributed by atoms with Gasteiger partial charge in [-0.05, 0) is 18.1 Å². The average molecular weight is 301 g/mol. The van der Waals surface area contributed by atoms with E-state index in [4.69, 9.17) is 9.47 Å². The minimum atomic E-state index is 0.746. The summed E-state index contributed by atoms with van der Waals surface area (Å²) in [5.74, 6) is 1.53. The lowest BCUT2D eigenvalue weighted by atomic mass is 10.1. The fourth-order valence-corrected chi connectivity index (χ4v) is 2.43. The minimum Gasteiger partial charge on any atom is -0.493 e. The summed E-state index contributed by atoms with van der Waals surface area (Å²) in [5.41, 5.74) is 3.39. The van der Waals surface area contributed by atoms with Crippen molar-refractivity contribution in [3.63, 3.8) is 0 Å². The molecule has 1 N–H and O–H groups in total. The Morgan fingerprint density at radius 2 is 2.00 bits per heavy atom. The number of hydrogen-bond donors (Lipinski definition) is 1. The van der Waals surface area contributed by atoms with Crippen molar-refractivity contribution in [3.8, 4) is 11.5 Å². The third-order valence-corrected chi connectivity index (χ3v) is 3.40. The summed E-state index contributed by atoms with van der Waals surface area (Å²) in [7, 11) is 5.23. The Hall–Kier alpha value is -2.27. The van der Waals surface area contributed by atoms with Gasteiger partial charge in [0.1, 0.15) is 0 Å². The van der Waals surface area contributed by atoms with Gasteiger partial charge in [0.15, 0.2) is 11.5 Å². The molecule has 0 aliphatic heterocycles. The largest absolute Gasteiger partial charge is 0.493 e. The lowest BCUT2D eigenvalue weighted by molar-refractivity contribution is 0.351. The van der Waals surface area contributed by atoms with E-state index in [0.717, 1.165) is 47.7 Å². The molecule has 0 unspecified atom stereocenters. The van der Waals surface area contributed by atoms with Gasteiger partial charge in [-0.1, -0.05) is 12.1 Å². The van der Waals surface area contributed by atoms with E-state index >= 15 is 0 Å². The Morgan fingerprint density at radius 1 is 1.23 bits per heavy atom. The monoisotopic (exact) mass is 301 g/mol. The first-order valence-electron chi connectivity index (χ1n) is 7.20. The van der Waals surface area contributed by atoms with Gasteiger partial charge in [-0.2, -0.15) is 5.10 Å². The second-order valence-corrected chi connectivity index (χ2v) is 5.11. The fraction of sp³-hybridized carbons (Fsp3) is 0.353. The molecule has 5 nitrogen and oxygen atoms in total. The topological polar surface area (TPSA) is 48.3 Å². The van der Waals surface area contributed by atoms with Crippen LogP contribution < -0.4 is 14.8 Å². The number of hydrogen-bond acceptors (Lipinski definition) is 4. The van der Waals surface area contributed by atoms with Crippen LogP contribution in [0, 0.1) is 0 Å². The van der Waals surface area contributed by atoms with E-state index in [9.17, 15) is 0 Å². The Kier molecular flexibility index (Phi) is 5.61. The Balaban J connectivity index is 2.09. The van der Waals surface area contributed by atoms with Crippen LogP contribution in [0.1, 0.15) is 16.7 Å². The molecule has 0 fully saturated rings. The highest BCUT2D eigenvalue weighted by Crippen LogP contribution is 2.33. The highest BCUT2D eigenvalue weighted by Gasteiger charge is 2.11. The molecule has 2 aromatic rings. The van der Waals surface area contributed by atoms with E-state index in [2.05, 4.69) is 23.1 Å². The summed E-state index contributed by atoms with van der Waals surface area (Å²) in [4.78, 5) is 0. The normalized spacial score (nSPS) is 10.5. The van der Waals surface area contributed by atoms with Gasteiger partial charge in [0.2, 0.25) is 0 Å². The van der Waals surface area contributed by atoms with Crippen molar-refractivity contribution >= 4 is 0 Å². The number of aryl methyl sites for hydroxylation is 1. The van der Waals surface area contributed by atoms with E-state index in [-0.39, 0.29) is 0 Å². The SMILES string of the molecule is C=CCc1cc(CNCc2cnn(C)c2)cc(OC)c1OC. The van der Waals surface area contributed by atoms with Crippen molar-refractivity contribution < 1.29 is 9.47 Å². The molecular formula is C17H23N3O2. The average Bonchev–Trinajstić information content (AvgIpc) is 2.92. The van der Waals surface area contributed by atoms with Crippen LogP contribution in [0.3, 0.4) is 0 Å². The zero-order valence-electron chi connectivity index (χ0n) is 13.4. The van der Waals surface area contributed by atoms with Crippen molar-refractivity contribution in [1.82, 2.24) is 15.1 Å². The third kappa shape index (κ3) is 3.89. The molecule has 0 atom stereocenters. The van der Waals surface area contributed by atoms with Gasteiger partial charge in [0.05, 0.1) is 20.4 Å². The molecule has 1 aromatic carbocycles. The number of ether oxygens (including phenoxy) is 2. The minimum absolute atomic E-state index is 0.746. The molecule has 118 valence electrons. The maximum Gasteiger partial charge on any atom is 0.164 e. The van der Waals surface area contributed by atoms with E-state index in [1.54, 1.807) is 18.9 Å². The van der Waals surface area contributed by atoms with Crippen molar-refractivity contribution in [1.29, 1.82) is 0 Å². The second kappa shape index (κ2) is 7.66. The van der Waals surface area contributed by atoms with Crippen LogP contribution in [0.5, 0.6) is 11.5 Å². The third-order valence-electron chi connectivity index (χ3n) is 3.40. The molecule has 0 spiro atoms. The number of methoxy groups -OCH3 is 2. The number of nitrogens with zero attached hydrogens (tertiary/aromatic N) is 2. The summed E-state index contributed by atoms with van der Waals surface area (Å²) >= 11 is 0. The molecule has 1 heterocycles. The second-order valence-electron chi connectivity index (χ2n) is 5.11. The molecular weight excluding hydrogens is 278 g/mol. The van der Waals surface area contributed by atoms with Crippen LogP contribution in [0.2, 0.25) is 0 Å². The van der Waals surface area contributed by atoms with E-state index in [1.165, 1.54) is 0 Å². The van der Waals surface area contributed by atoms with Gasteiger partial charge < -0.3 is 14.8 Å². The zero-order chi connectivity index (χ0) is 15.9. The molecule has 0 amide bonds. The molecule has 0 aliphatic carbocycles. The maximum absolute atomic E-state index is 5.45. The summed E-state index contributed by atoms with van der Waals surface area (Å²) in [6.07, 6.45) is 6.48. The van der Waals surface area contributed by atoms with E-state index in [0.29, 0.717) is 0 Å². The van der Waals surface area contributed by atoms with Crippen molar-refractivity contribution in [2.45, 2.75) is 19.5 Å². The number of benzene rings is 1. The molecule has 1 aromatic heterocycles. The van der Waals surface area contributed by atoms with Crippen LogP contribution >= 0.6 is 0 Å². The summed E-state index contributed by atoms with van der Waals surface area (Å²) in [6.45, 7) is 5.33. The van der Waals surface area contributed by atoms with Crippen LogP contribution in [0.25, 0.3) is 0 Å². The summed E-state index contributed by atoms with van der Waals surface area (Å²) < 4.78 is 12.7. The van der Waals surface area contributed by atoms with Gasteiger partial charge in [-0.25, -0.2) is 0 Å². The van der Waals surface area contributed by atoms with Crippen LogP contribution in [0.15, 0.2) is 37.2 Å². The first-order valence-corrected chi connectivity index (χ1v) is 7.20. The standard InChI is InChI=1S/C17H23N3O2/c1-5-6-15-7-13(8-16(21-3)17(15)22-4)9-18-10-14-11-19-20(2)12-14/h5,7-8,11-12,18H,1,6,9-10H2,2-4H3. The van der Waals surface area contributed by atoms with Crippen LogP contribution in [-0.2, 0) is 26.6 Å². The molecule has 0 radical (unpaired) electrons. The predicted molar refractivity (Wildman–Crippen MR) is 87.2 cm³/mol. The Labute approximate surface area is 131 Å². The highest BCUT2D eigenvalue weighted by molar-refractivity contribution is 5.50. The van der Waals surface area contributed by atoms with Crippen molar-refractivity contribution in [2.75, 3.05) is 14.2 Å². The van der Waals surface area contributed by atoms with E-state index < -0.39 is 0 Å². The first-order chi connectivity index (χ1) is 10.7. The lowest BCUT2D eigenvalue weighted by Crippen LogP contribution is -2.13. The van der Waals surface area contributed by atoms with E-state index in [1.807, 2.05) is 31.6 Å². The quantitative estimate of drug-likeness (QED) is 0.761. The molecule has 0 saturated heterocycles. The fourth-order valence-electron chi connectivity index (χ4n) is 2.43. The summed E-state index contributed by atoms with van der Waals surface area (Å²) in [6, 6.07) is 4.13. The number of rotatable bonds is 8. The zero-order valence-corrected chi connectivity index (χ0v) is 13.4. The van der Waals surface area contributed by atoms with Crippen molar-refractivity contribution in [3.05, 3.63) is 53.9 Å². The molecule has 0 bridgehead atoms. The highest BCUT2D eigenvalue weighted by atomic mass is 16.5. The number of aromatic nitrogens is 2. The summed E-state index contributed by atoms with van der Waals surface area (Å²) in [5, 5.41) is 7.57. The molecule has 22 heavy (non-hydrogen) atoms. The lowest BCUT2D eigenvalue weighted by Gasteiger charge is -2.14. The number of allylic oxidation sites excluding steroid dienone is 1. The maximum atomic E-state index is 5.45. The van der Waals surface area contributed by atoms with Gasteiger partial charge >= 0.3 is 0 Å². The first kappa shape index (κ1) is 16.1. The predicted octanol–water partition coefficient (Wildman–Crippen LogP) is 2.46. The molecule has 0 aliphatic rings. The van der Waals surface area contributed by atoms with Gasteiger partial charge in [0, 0.05) is 37.5 Å². The Morgan fingerprint density at radius 3 is 2.59 bits per heavy atom. The van der Waals surface area contributed by atoms with Crippen molar-refractivity contribution in [2.24, 2.45) is 7.05 Å². The van der Waals surface area contributed by atoms with Crippen LogP contribution in [-0.4, -0.2) is 24.0 Å². The van der Waals surface area contributed by atoms with Gasteiger partial charge in [-0.3, -0.25) is 4.68 Å². The molecule has 2 rings (SSSR count). The Bertz CT molecular complexity index is 635.